The average molecular weight is 801 g/mol. The summed E-state index contributed by atoms with van der Waals surface area (Å²) in [7, 11) is 5.52. The molecule has 0 aliphatic rings. The van der Waals surface area contributed by atoms with Gasteiger partial charge in [-0.1, -0.05) is 164 Å². The summed E-state index contributed by atoms with van der Waals surface area (Å²) in [6.45, 7) is 4.59. The molecule has 8 heteroatoms. The lowest BCUT2D eigenvalue weighted by molar-refractivity contribution is -0.887. The van der Waals surface area contributed by atoms with Crippen LogP contribution in [0.3, 0.4) is 0 Å². The second-order valence-electron chi connectivity index (χ2n) is 16.3. The van der Waals surface area contributed by atoms with Gasteiger partial charge in [-0.3, -0.25) is 9.59 Å². The molecule has 57 heavy (non-hydrogen) atoms. The van der Waals surface area contributed by atoms with Crippen molar-refractivity contribution in [3.05, 3.63) is 60.8 Å². The molecule has 0 radical (unpaired) electrons. The maximum atomic E-state index is 12.7. The first-order valence-corrected chi connectivity index (χ1v) is 22.8. The maximum absolute atomic E-state index is 12.7. The van der Waals surface area contributed by atoms with E-state index in [9.17, 15) is 19.5 Å². The molecule has 0 saturated heterocycles. The fraction of sp³-hybridized carbons (Fsp3) is 0.735. The van der Waals surface area contributed by atoms with E-state index in [0.29, 0.717) is 19.3 Å². The van der Waals surface area contributed by atoms with Gasteiger partial charge in [-0.05, 0) is 57.8 Å². The van der Waals surface area contributed by atoms with Crippen molar-refractivity contribution in [1.29, 1.82) is 0 Å². The number of rotatable bonds is 40. The van der Waals surface area contributed by atoms with Crippen LogP contribution in [-0.2, 0) is 28.6 Å². The van der Waals surface area contributed by atoms with Crippen LogP contribution in [0.5, 0.6) is 0 Å². The van der Waals surface area contributed by atoms with E-state index in [0.717, 1.165) is 77.0 Å². The number of hydrogen-bond acceptors (Lipinski definition) is 6. The molecule has 0 aromatic carbocycles. The molecular formula is C49H86NO7+. The van der Waals surface area contributed by atoms with Crippen LogP contribution < -0.4 is 0 Å². The molecule has 1 N–H and O–H groups in total. The zero-order valence-electron chi connectivity index (χ0n) is 37.3. The van der Waals surface area contributed by atoms with E-state index in [2.05, 4.69) is 74.6 Å². The summed E-state index contributed by atoms with van der Waals surface area (Å²) >= 11 is 0. The van der Waals surface area contributed by atoms with E-state index in [1.165, 1.54) is 70.6 Å². The van der Waals surface area contributed by atoms with Gasteiger partial charge in [0.05, 0.1) is 34.4 Å². The molecule has 0 fully saturated rings. The molecule has 0 aliphatic carbocycles. The molecule has 0 bridgehead atoms. The third kappa shape index (κ3) is 38.3. The van der Waals surface area contributed by atoms with Gasteiger partial charge in [-0.2, -0.15) is 0 Å². The van der Waals surface area contributed by atoms with E-state index < -0.39 is 18.1 Å². The van der Waals surface area contributed by atoms with Crippen molar-refractivity contribution in [2.45, 2.75) is 193 Å². The van der Waals surface area contributed by atoms with Crippen molar-refractivity contribution < 1.29 is 38.2 Å². The van der Waals surface area contributed by atoms with Gasteiger partial charge in [0.25, 0.3) is 0 Å². The number of esters is 2. The Labute approximate surface area is 349 Å². The van der Waals surface area contributed by atoms with Gasteiger partial charge in [0.1, 0.15) is 6.61 Å². The highest BCUT2D eigenvalue weighted by Crippen LogP contribution is 2.14. The zero-order chi connectivity index (χ0) is 42.1. The fourth-order valence-corrected chi connectivity index (χ4v) is 6.41. The summed E-state index contributed by atoms with van der Waals surface area (Å²) in [6, 6.07) is -0.616. The molecule has 2 unspecified atom stereocenters. The second-order valence-corrected chi connectivity index (χ2v) is 16.3. The quantitative estimate of drug-likeness (QED) is 0.0285. The predicted octanol–water partition coefficient (Wildman–Crippen LogP) is 12.6. The first-order chi connectivity index (χ1) is 27.6. The van der Waals surface area contributed by atoms with Gasteiger partial charge in [0.15, 0.2) is 12.1 Å². The van der Waals surface area contributed by atoms with E-state index in [-0.39, 0.29) is 36.2 Å². The van der Waals surface area contributed by atoms with E-state index in [1.807, 2.05) is 21.1 Å². The molecule has 2 atom stereocenters. The van der Waals surface area contributed by atoms with Crippen molar-refractivity contribution >= 4 is 17.9 Å². The number of hydrogen-bond donors (Lipinski definition) is 1. The lowest BCUT2D eigenvalue weighted by atomic mass is 10.1. The van der Waals surface area contributed by atoms with Crippen molar-refractivity contribution in [1.82, 2.24) is 0 Å². The van der Waals surface area contributed by atoms with E-state index in [4.69, 9.17) is 14.2 Å². The molecule has 0 aromatic heterocycles. The summed E-state index contributed by atoms with van der Waals surface area (Å²) in [5.41, 5.74) is 0. The van der Waals surface area contributed by atoms with Crippen LogP contribution in [0, 0.1) is 0 Å². The van der Waals surface area contributed by atoms with E-state index in [1.54, 1.807) is 0 Å². The third-order valence-corrected chi connectivity index (χ3v) is 9.93. The Balaban J connectivity index is 4.24. The Hall–Kier alpha value is -2.97. The molecule has 0 spiro atoms. The highest BCUT2D eigenvalue weighted by Gasteiger charge is 2.31. The zero-order valence-corrected chi connectivity index (χ0v) is 37.3. The number of aliphatic carboxylic acids is 1. The highest BCUT2D eigenvalue weighted by molar-refractivity contribution is 5.72. The van der Waals surface area contributed by atoms with Crippen molar-refractivity contribution in [3.63, 3.8) is 0 Å². The molecule has 0 heterocycles. The predicted molar refractivity (Wildman–Crippen MR) is 238 cm³/mol. The van der Waals surface area contributed by atoms with Gasteiger partial charge >= 0.3 is 17.9 Å². The smallest absolute Gasteiger partial charge is 0.362 e. The topological polar surface area (TPSA) is 99.1 Å². The van der Waals surface area contributed by atoms with Gasteiger partial charge in [0, 0.05) is 19.3 Å². The SMILES string of the molecule is CC/C=C/C/C=C/C/C=C/C/C=C/C/C=C/CCCCCCCCCC(=O)OCC(COCCC(C(=O)O)[N+](C)(C)C)OC(=O)CCCCCCCCCCCC. The van der Waals surface area contributed by atoms with Crippen LogP contribution in [0.15, 0.2) is 60.8 Å². The number of unbranched alkanes of at least 4 members (excludes halogenated alkanes) is 16. The number of allylic oxidation sites excluding steroid dienone is 10. The number of carbonyl (C=O) groups excluding carboxylic acids is 2. The van der Waals surface area contributed by atoms with Gasteiger partial charge in [0.2, 0.25) is 0 Å². The lowest BCUT2D eigenvalue weighted by Crippen LogP contribution is -2.50. The summed E-state index contributed by atoms with van der Waals surface area (Å²) in [4.78, 5) is 36.9. The van der Waals surface area contributed by atoms with Crippen LogP contribution in [0.4, 0.5) is 0 Å². The minimum atomic E-state index is -0.878. The van der Waals surface area contributed by atoms with Crippen LogP contribution in [0.1, 0.15) is 181 Å². The minimum absolute atomic E-state index is 0.0572. The van der Waals surface area contributed by atoms with Crippen molar-refractivity contribution in [3.8, 4) is 0 Å². The number of likely N-dealkylation sites (N-methyl/N-ethyl adjacent to an activating group) is 1. The molecule has 8 nitrogen and oxygen atoms in total. The largest absolute Gasteiger partial charge is 0.477 e. The number of ether oxygens (including phenoxy) is 3. The van der Waals surface area contributed by atoms with Gasteiger partial charge in [-0.25, -0.2) is 4.79 Å². The molecule has 0 aromatic rings. The molecule has 0 amide bonds. The first kappa shape index (κ1) is 54.0. The Morgan fingerprint density at radius 3 is 1.46 bits per heavy atom. The lowest BCUT2D eigenvalue weighted by Gasteiger charge is -2.31. The Morgan fingerprint density at radius 1 is 0.544 bits per heavy atom. The fourth-order valence-electron chi connectivity index (χ4n) is 6.41. The normalized spacial score (nSPS) is 13.5. The van der Waals surface area contributed by atoms with Crippen LogP contribution in [0.2, 0.25) is 0 Å². The Kier molecular flexibility index (Phi) is 37.8. The number of nitrogens with zero attached hydrogens (tertiary/aromatic N) is 1. The monoisotopic (exact) mass is 801 g/mol. The van der Waals surface area contributed by atoms with Crippen LogP contribution in [-0.4, -0.2) is 80.6 Å². The average Bonchev–Trinajstić information content (AvgIpc) is 3.17. The summed E-state index contributed by atoms with van der Waals surface area (Å²) < 4.78 is 17.3. The Bertz CT molecular complexity index is 1120. The van der Waals surface area contributed by atoms with Crippen molar-refractivity contribution in [2.24, 2.45) is 0 Å². The first-order valence-electron chi connectivity index (χ1n) is 22.8. The third-order valence-electron chi connectivity index (χ3n) is 9.93. The van der Waals surface area contributed by atoms with E-state index >= 15 is 0 Å². The Morgan fingerprint density at radius 2 is 0.982 bits per heavy atom. The molecule has 0 aliphatic heterocycles. The maximum Gasteiger partial charge on any atom is 0.362 e. The number of carboxylic acids is 1. The summed E-state index contributed by atoms with van der Waals surface area (Å²) in [5.74, 6) is -1.48. The molecule has 0 saturated carbocycles. The number of carbonyl (C=O) groups is 3. The second kappa shape index (κ2) is 39.8. The summed E-state index contributed by atoms with van der Waals surface area (Å²) in [6.07, 6.45) is 48.4. The highest BCUT2D eigenvalue weighted by atomic mass is 16.6. The minimum Gasteiger partial charge on any atom is -0.477 e. The summed E-state index contributed by atoms with van der Waals surface area (Å²) in [5, 5.41) is 9.61. The molecule has 328 valence electrons. The van der Waals surface area contributed by atoms with Crippen LogP contribution in [0.25, 0.3) is 0 Å². The van der Waals surface area contributed by atoms with Gasteiger partial charge < -0.3 is 23.8 Å². The number of quaternary nitrogens is 1. The number of carboxylic acid groups (broad SMARTS) is 1. The van der Waals surface area contributed by atoms with Crippen LogP contribution >= 0.6 is 0 Å². The molecular weight excluding hydrogens is 715 g/mol. The standard InChI is InChI=1S/C49H85NO7/c1-6-8-10-12-14-16-18-19-20-21-22-23-24-25-26-27-28-29-30-32-33-35-37-39-47(51)56-44-45(43-55-42-41-46(49(53)54)50(3,4)5)57-48(52)40-38-36-34-31-17-15-13-11-9-7-2/h8,10,14,16,19-20,22-23,25-26,45-46H,6-7,9,11-13,15,17-18,21,24,27-44H2,1-5H3/p+1/b10-8+,16-14+,20-19+,23-22+,26-25+. The van der Waals surface area contributed by atoms with Gasteiger partial charge in [-0.15, -0.1) is 0 Å². The molecule has 0 rings (SSSR count). The van der Waals surface area contributed by atoms with Crippen molar-refractivity contribution in [2.75, 3.05) is 41.0 Å².